The SMILES string of the molecule is CC1=C(C(=O)OC2CCCCC2)C(c2cccc(OCc3ccccc3C)c2)n2nc(SCc3ccccc3F)nc2N1. The van der Waals surface area contributed by atoms with Gasteiger partial charge < -0.3 is 14.8 Å². The first-order chi connectivity index (χ1) is 21.0. The highest BCUT2D eigenvalue weighted by Gasteiger charge is 2.36. The van der Waals surface area contributed by atoms with Gasteiger partial charge in [0.15, 0.2) is 0 Å². The molecule has 0 amide bonds. The zero-order valence-electron chi connectivity index (χ0n) is 24.4. The number of halogens is 1. The minimum atomic E-state index is -0.579. The van der Waals surface area contributed by atoms with Crippen molar-refractivity contribution in [2.45, 2.75) is 75.6 Å². The molecule has 1 N–H and O–H groups in total. The van der Waals surface area contributed by atoms with E-state index < -0.39 is 6.04 Å². The standard InChI is InChI=1S/C34H35FN4O3S/c1-22-11-6-7-12-25(22)20-41-28-17-10-14-24(19-28)31-30(32(40)42-27-15-4-3-5-16-27)23(2)36-33-37-34(38-39(31)33)43-21-26-13-8-9-18-29(26)35/h6-14,17-19,27,31H,3-5,15-16,20-21H2,1-2H3,(H,36,37,38). The third kappa shape index (κ3) is 6.62. The molecule has 6 rings (SSSR count). The van der Waals surface area contributed by atoms with Gasteiger partial charge in [-0.15, -0.1) is 5.10 Å². The highest BCUT2D eigenvalue weighted by Crippen LogP contribution is 2.39. The van der Waals surface area contributed by atoms with Gasteiger partial charge in [0.25, 0.3) is 0 Å². The first-order valence-corrected chi connectivity index (χ1v) is 15.7. The molecule has 9 heteroatoms. The van der Waals surface area contributed by atoms with Crippen molar-refractivity contribution in [1.29, 1.82) is 0 Å². The van der Waals surface area contributed by atoms with Crippen molar-refractivity contribution in [1.82, 2.24) is 14.8 Å². The Kier molecular flexibility index (Phi) is 8.79. The molecule has 0 bridgehead atoms. The van der Waals surface area contributed by atoms with Crippen LogP contribution in [0.2, 0.25) is 0 Å². The fourth-order valence-corrected chi connectivity index (χ4v) is 6.44. The van der Waals surface area contributed by atoms with E-state index in [0.717, 1.165) is 42.4 Å². The van der Waals surface area contributed by atoms with Gasteiger partial charge in [-0.25, -0.2) is 13.9 Å². The van der Waals surface area contributed by atoms with Crippen molar-refractivity contribution in [3.05, 3.63) is 112 Å². The van der Waals surface area contributed by atoms with Crippen LogP contribution in [0.5, 0.6) is 5.75 Å². The van der Waals surface area contributed by atoms with Crippen LogP contribution in [0.25, 0.3) is 0 Å². The van der Waals surface area contributed by atoms with Crippen LogP contribution < -0.4 is 10.1 Å². The summed E-state index contributed by atoms with van der Waals surface area (Å²) in [6.45, 7) is 4.36. The lowest BCUT2D eigenvalue weighted by Gasteiger charge is -2.30. The Bertz CT molecular complexity index is 1650. The molecular weight excluding hydrogens is 563 g/mol. The number of carbonyl (C=O) groups is 1. The molecule has 43 heavy (non-hydrogen) atoms. The number of aromatic nitrogens is 3. The van der Waals surface area contributed by atoms with Crippen LogP contribution in [0.1, 0.15) is 67.3 Å². The maximum absolute atomic E-state index is 14.3. The fourth-order valence-electron chi connectivity index (χ4n) is 5.63. The van der Waals surface area contributed by atoms with Crippen LogP contribution in [0, 0.1) is 12.7 Å². The van der Waals surface area contributed by atoms with Gasteiger partial charge in [-0.2, -0.15) is 4.98 Å². The van der Waals surface area contributed by atoms with Gasteiger partial charge in [0, 0.05) is 11.4 Å². The quantitative estimate of drug-likeness (QED) is 0.156. The monoisotopic (exact) mass is 598 g/mol. The number of allylic oxidation sites excluding steroid dienone is 1. The molecule has 1 saturated carbocycles. The van der Waals surface area contributed by atoms with Crippen LogP contribution in [0.3, 0.4) is 0 Å². The molecule has 0 radical (unpaired) electrons. The summed E-state index contributed by atoms with van der Waals surface area (Å²) in [5.41, 5.74) is 4.84. The normalized spacial score (nSPS) is 16.9. The van der Waals surface area contributed by atoms with E-state index >= 15 is 0 Å². The van der Waals surface area contributed by atoms with Crippen molar-refractivity contribution >= 4 is 23.7 Å². The van der Waals surface area contributed by atoms with E-state index in [1.165, 1.54) is 24.2 Å². The second-order valence-electron chi connectivity index (χ2n) is 11.1. The molecule has 0 saturated heterocycles. The number of nitrogens with zero attached hydrogens (tertiary/aromatic N) is 3. The number of nitrogens with one attached hydrogen (secondary N) is 1. The molecule has 1 aliphatic heterocycles. The van der Waals surface area contributed by atoms with Gasteiger partial charge in [-0.05, 0) is 80.0 Å². The number of esters is 1. The second kappa shape index (κ2) is 13.0. The summed E-state index contributed by atoms with van der Waals surface area (Å²) in [6.07, 6.45) is 4.97. The lowest BCUT2D eigenvalue weighted by Crippen LogP contribution is -2.32. The molecule has 2 aliphatic rings. The maximum Gasteiger partial charge on any atom is 0.338 e. The summed E-state index contributed by atoms with van der Waals surface area (Å²) in [6, 6.07) is 22.0. The number of hydrogen-bond donors (Lipinski definition) is 1. The number of aryl methyl sites for hydroxylation is 1. The first kappa shape index (κ1) is 29.0. The molecule has 1 unspecified atom stereocenters. The molecule has 4 aromatic rings. The molecule has 3 aromatic carbocycles. The largest absolute Gasteiger partial charge is 0.489 e. The number of anilines is 1. The van der Waals surface area contributed by atoms with E-state index in [4.69, 9.17) is 19.6 Å². The van der Waals surface area contributed by atoms with Crippen molar-refractivity contribution in [3.8, 4) is 5.75 Å². The van der Waals surface area contributed by atoms with Gasteiger partial charge in [0.1, 0.15) is 30.3 Å². The Balaban J connectivity index is 1.31. The summed E-state index contributed by atoms with van der Waals surface area (Å²) in [5, 5.41) is 8.56. The third-order valence-corrected chi connectivity index (χ3v) is 8.91. The Morgan fingerprint density at radius 1 is 1.00 bits per heavy atom. The van der Waals surface area contributed by atoms with Crippen molar-refractivity contribution in [3.63, 3.8) is 0 Å². The van der Waals surface area contributed by atoms with Gasteiger partial charge in [-0.3, -0.25) is 0 Å². The maximum atomic E-state index is 14.3. The Morgan fingerprint density at radius 3 is 2.56 bits per heavy atom. The van der Waals surface area contributed by atoms with Gasteiger partial charge in [0.2, 0.25) is 11.1 Å². The number of ether oxygens (including phenoxy) is 2. The lowest BCUT2D eigenvalue weighted by atomic mass is 9.94. The minimum absolute atomic E-state index is 0.0880. The molecule has 0 spiro atoms. The van der Waals surface area contributed by atoms with Crippen LogP contribution in [0.4, 0.5) is 10.3 Å². The highest BCUT2D eigenvalue weighted by atomic mass is 32.2. The summed E-state index contributed by atoms with van der Waals surface area (Å²) < 4.78 is 28.3. The first-order valence-electron chi connectivity index (χ1n) is 14.7. The van der Waals surface area contributed by atoms with E-state index in [-0.39, 0.29) is 17.9 Å². The van der Waals surface area contributed by atoms with Crippen molar-refractivity contribution in [2.75, 3.05) is 5.32 Å². The summed E-state index contributed by atoms with van der Waals surface area (Å²) in [4.78, 5) is 18.5. The number of fused-ring (bicyclic) bond motifs is 1. The minimum Gasteiger partial charge on any atom is -0.489 e. The molecule has 2 heterocycles. The predicted octanol–water partition coefficient (Wildman–Crippen LogP) is 7.76. The molecule has 222 valence electrons. The van der Waals surface area contributed by atoms with Crippen LogP contribution >= 0.6 is 11.8 Å². The van der Waals surface area contributed by atoms with Crippen LogP contribution in [-0.4, -0.2) is 26.8 Å². The summed E-state index contributed by atoms with van der Waals surface area (Å²) in [5.74, 6) is 0.968. The Morgan fingerprint density at radius 2 is 1.77 bits per heavy atom. The Labute approximate surface area is 255 Å². The number of thioether (sulfide) groups is 1. The lowest BCUT2D eigenvalue weighted by molar-refractivity contribution is -0.146. The summed E-state index contributed by atoms with van der Waals surface area (Å²) >= 11 is 1.35. The average molecular weight is 599 g/mol. The van der Waals surface area contributed by atoms with Crippen LogP contribution in [0.15, 0.2) is 89.2 Å². The van der Waals surface area contributed by atoms with Crippen LogP contribution in [-0.2, 0) is 21.9 Å². The predicted molar refractivity (Wildman–Crippen MR) is 165 cm³/mol. The van der Waals surface area contributed by atoms with Crippen molar-refractivity contribution in [2.24, 2.45) is 0 Å². The summed E-state index contributed by atoms with van der Waals surface area (Å²) in [7, 11) is 0. The number of carbonyl (C=O) groups excluding carboxylic acids is 1. The number of benzene rings is 3. The smallest absolute Gasteiger partial charge is 0.338 e. The zero-order valence-corrected chi connectivity index (χ0v) is 25.2. The average Bonchev–Trinajstić information content (AvgIpc) is 3.42. The number of rotatable bonds is 9. The van der Waals surface area contributed by atoms with E-state index in [1.54, 1.807) is 16.8 Å². The molecule has 1 fully saturated rings. The van der Waals surface area contributed by atoms with Crippen molar-refractivity contribution < 1.29 is 18.7 Å². The van der Waals surface area contributed by atoms with Gasteiger partial charge >= 0.3 is 5.97 Å². The molecule has 7 nitrogen and oxygen atoms in total. The molecule has 1 atom stereocenters. The molecule has 1 aromatic heterocycles. The second-order valence-corrected chi connectivity index (χ2v) is 12.0. The van der Waals surface area contributed by atoms with Gasteiger partial charge in [-0.1, -0.05) is 72.8 Å². The highest BCUT2D eigenvalue weighted by molar-refractivity contribution is 7.98. The van der Waals surface area contributed by atoms with Gasteiger partial charge in [0.05, 0.1) is 5.57 Å². The topological polar surface area (TPSA) is 78.3 Å². The van der Waals surface area contributed by atoms with E-state index in [9.17, 15) is 9.18 Å². The zero-order chi connectivity index (χ0) is 29.8. The number of hydrogen-bond acceptors (Lipinski definition) is 7. The molecular formula is C34H35FN4O3S. The van der Waals surface area contributed by atoms with E-state index in [0.29, 0.717) is 46.0 Å². The van der Waals surface area contributed by atoms with E-state index in [1.807, 2.05) is 49.4 Å². The molecule has 1 aliphatic carbocycles. The Hall–Kier alpha value is -4.11. The fraction of sp³-hybridized carbons (Fsp3) is 0.324. The van der Waals surface area contributed by atoms with E-state index in [2.05, 4.69) is 24.4 Å². The third-order valence-electron chi connectivity index (χ3n) is 8.02.